The quantitative estimate of drug-likeness (QED) is 0.179. The van der Waals surface area contributed by atoms with E-state index in [1.165, 1.54) is 65.4 Å². The summed E-state index contributed by atoms with van der Waals surface area (Å²) in [5.74, 6) is 1.98. The minimum Gasteiger partial charge on any atom is -0.208 e. The summed E-state index contributed by atoms with van der Waals surface area (Å²) >= 11 is 1.87. The molecule has 0 saturated heterocycles. The first-order valence-corrected chi connectivity index (χ1v) is 21.1. The van der Waals surface area contributed by atoms with E-state index in [4.69, 9.17) is 15.0 Å². The van der Waals surface area contributed by atoms with Crippen molar-refractivity contribution in [1.82, 2.24) is 15.0 Å². The fourth-order valence-electron chi connectivity index (χ4n) is 10.1. The minimum atomic E-state index is -0.393. The number of benzene rings is 8. The van der Waals surface area contributed by atoms with Gasteiger partial charge in [0, 0.05) is 31.9 Å². The minimum absolute atomic E-state index is 0.131. The second-order valence-electron chi connectivity index (χ2n) is 16.3. The van der Waals surface area contributed by atoms with Crippen molar-refractivity contribution in [2.24, 2.45) is 0 Å². The Labute approximate surface area is 348 Å². The molecule has 0 fully saturated rings. The second-order valence-corrected chi connectivity index (χ2v) is 17.4. The van der Waals surface area contributed by atoms with Crippen molar-refractivity contribution in [2.75, 3.05) is 0 Å². The van der Waals surface area contributed by atoms with Crippen LogP contribution in [0.3, 0.4) is 0 Å². The van der Waals surface area contributed by atoms with Gasteiger partial charge in [-0.05, 0) is 91.0 Å². The van der Waals surface area contributed by atoms with Crippen LogP contribution in [0.1, 0.15) is 47.2 Å². The van der Waals surface area contributed by atoms with E-state index in [2.05, 4.69) is 184 Å². The van der Waals surface area contributed by atoms with Crippen LogP contribution in [0.5, 0.6) is 0 Å². The lowest BCUT2D eigenvalue weighted by Gasteiger charge is -2.39. The Hall–Kier alpha value is -6.88. The van der Waals surface area contributed by atoms with Gasteiger partial charge in [-0.2, -0.15) is 0 Å². The van der Waals surface area contributed by atoms with E-state index in [1.54, 1.807) is 0 Å². The van der Waals surface area contributed by atoms with Crippen LogP contribution in [0.25, 0.3) is 67.5 Å². The van der Waals surface area contributed by atoms with Crippen LogP contribution in [-0.4, -0.2) is 15.0 Å². The van der Waals surface area contributed by atoms with Crippen LogP contribution >= 0.6 is 11.8 Å². The molecule has 0 radical (unpaired) electrons. The topological polar surface area (TPSA) is 38.7 Å². The van der Waals surface area contributed by atoms with Gasteiger partial charge in [0.15, 0.2) is 17.5 Å². The molecule has 4 heteroatoms. The van der Waals surface area contributed by atoms with E-state index in [0.717, 1.165) is 27.8 Å². The summed E-state index contributed by atoms with van der Waals surface area (Å²) in [6, 6.07) is 68.3. The number of nitrogens with zero attached hydrogens (tertiary/aromatic N) is 3. The summed E-state index contributed by atoms with van der Waals surface area (Å²) in [5, 5.41) is 0. The average Bonchev–Trinajstić information content (AvgIpc) is 3.72. The molecule has 0 amide bonds. The van der Waals surface area contributed by atoms with Gasteiger partial charge < -0.3 is 0 Å². The summed E-state index contributed by atoms with van der Waals surface area (Å²) in [6.45, 7) is 4.62. The van der Waals surface area contributed by atoms with E-state index in [9.17, 15) is 0 Å². The highest BCUT2D eigenvalue weighted by molar-refractivity contribution is 7.99. The second kappa shape index (κ2) is 12.8. The van der Waals surface area contributed by atoms with E-state index in [1.807, 2.05) is 30.0 Å². The number of rotatable bonds is 4. The maximum absolute atomic E-state index is 5.22. The highest BCUT2D eigenvalue weighted by atomic mass is 32.2. The van der Waals surface area contributed by atoms with Gasteiger partial charge in [0.1, 0.15) is 0 Å². The Kier molecular flexibility index (Phi) is 7.42. The van der Waals surface area contributed by atoms with Gasteiger partial charge in [-0.1, -0.05) is 189 Å². The summed E-state index contributed by atoms with van der Waals surface area (Å²) in [7, 11) is 0. The third kappa shape index (κ3) is 5.00. The van der Waals surface area contributed by atoms with Crippen molar-refractivity contribution in [2.45, 2.75) is 34.5 Å². The molecule has 3 aliphatic rings. The number of hydrogen-bond donors (Lipinski definition) is 0. The Balaban J connectivity index is 0.986. The Bertz CT molecular complexity index is 3140. The zero-order valence-electron chi connectivity index (χ0n) is 32.6. The molecule has 0 atom stereocenters. The monoisotopic (exact) mass is 771 g/mol. The molecule has 2 heterocycles. The lowest BCUT2D eigenvalue weighted by atomic mass is 9.67. The maximum Gasteiger partial charge on any atom is 0.164 e. The predicted octanol–water partition coefficient (Wildman–Crippen LogP) is 13.7. The summed E-state index contributed by atoms with van der Waals surface area (Å²) in [6.07, 6.45) is 0. The molecule has 278 valence electrons. The molecular formula is C55H37N3S. The van der Waals surface area contributed by atoms with Gasteiger partial charge in [-0.15, -0.1) is 0 Å². The third-order valence-electron chi connectivity index (χ3n) is 12.8. The SMILES string of the molecule is CC1(C)c2ccccc2-c2ccc(-c3nc(-c4ccccc4)nc(-c4cccc(-c5ccc6c(c5)Sc5ccccc5C65c6ccccc6-c6ccccc65)c4)n3)cc21. The highest BCUT2D eigenvalue weighted by Gasteiger charge is 2.50. The molecule has 8 aromatic carbocycles. The van der Waals surface area contributed by atoms with Gasteiger partial charge in [0.2, 0.25) is 0 Å². The molecule has 12 rings (SSSR count). The molecule has 0 N–H and O–H groups in total. The lowest BCUT2D eigenvalue weighted by molar-refractivity contribution is 0.660. The first-order chi connectivity index (χ1) is 29.0. The van der Waals surface area contributed by atoms with Gasteiger partial charge in [0.05, 0.1) is 5.41 Å². The standard InChI is InChI=1S/C55H37N3S/c1-54(2)43-22-9-6-19-39(43)42-29-27-38(32-48(42)54)53-57-51(34-15-4-3-5-16-34)56-52(58-53)37-18-14-17-35(31-37)36-28-30-47-50(33-36)59-49-26-13-12-25-46(49)55(47)44-23-10-7-20-40(44)41-21-8-11-24-45(41)55/h3-33H,1-2H3. The molecule has 3 nitrogen and oxygen atoms in total. The molecule has 59 heavy (non-hydrogen) atoms. The van der Waals surface area contributed by atoms with Gasteiger partial charge in [-0.25, -0.2) is 15.0 Å². The van der Waals surface area contributed by atoms with E-state index in [-0.39, 0.29) is 5.41 Å². The first-order valence-electron chi connectivity index (χ1n) is 20.3. The van der Waals surface area contributed by atoms with Crippen LogP contribution < -0.4 is 0 Å². The van der Waals surface area contributed by atoms with Crippen LogP contribution in [0, 0.1) is 0 Å². The van der Waals surface area contributed by atoms with Gasteiger partial charge >= 0.3 is 0 Å². The molecule has 0 saturated carbocycles. The number of fused-ring (bicyclic) bond motifs is 12. The van der Waals surface area contributed by atoms with Crippen LogP contribution in [0.4, 0.5) is 0 Å². The van der Waals surface area contributed by atoms with Crippen molar-refractivity contribution >= 4 is 11.8 Å². The van der Waals surface area contributed by atoms with Crippen molar-refractivity contribution < 1.29 is 0 Å². The van der Waals surface area contributed by atoms with Crippen molar-refractivity contribution in [3.8, 4) is 67.5 Å². The summed E-state index contributed by atoms with van der Waals surface area (Å²) in [5.41, 5.74) is 17.9. The summed E-state index contributed by atoms with van der Waals surface area (Å²) < 4.78 is 0. The smallest absolute Gasteiger partial charge is 0.164 e. The highest BCUT2D eigenvalue weighted by Crippen LogP contribution is 2.62. The molecule has 9 aromatic rings. The van der Waals surface area contributed by atoms with Crippen LogP contribution in [0.15, 0.2) is 198 Å². The molecular weight excluding hydrogens is 735 g/mol. The first kappa shape index (κ1) is 34.2. The Morgan fingerprint density at radius 2 is 0.797 bits per heavy atom. The third-order valence-corrected chi connectivity index (χ3v) is 13.9. The fourth-order valence-corrected chi connectivity index (χ4v) is 11.3. The average molecular weight is 772 g/mol. The molecule has 1 aliphatic heterocycles. The Morgan fingerprint density at radius 1 is 0.322 bits per heavy atom. The van der Waals surface area contributed by atoms with E-state index < -0.39 is 5.41 Å². The molecule has 0 unspecified atom stereocenters. The zero-order chi connectivity index (χ0) is 39.3. The molecule has 1 aromatic heterocycles. The largest absolute Gasteiger partial charge is 0.208 e. The van der Waals surface area contributed by atoms with Gasteiger partial charge in [-0.3, -0.25) is 0 Å². The van der Waals surface area contributed by atoms with Crippen LogP contribution in [0.2, 0.25) is 0 Å². The normalized spacial score (nSPS) is 14.5. The van der Waals surface area contributed by atoms with Crippen molar-refractivity contribution in [3.05, 3.63) is 221 Å². The van der Waals surface area contributed by atoms with Gasteiger partial charge in [0.25, 0.3) is 0 Å². The molecule has 0 bridgehead atoms. The predicted molar refractivity (Wildman–Crippen MR) is 241 cm³/mol. The van der Waals surface area contributed by atoms with Crippen molar-refractivity contribution in [3.63, 3.8) is 0 Å². The maximum atomic E-state index is 5.22. The fraction of sp³-hybridized carbons (Fsp3) is 0.0727. The van der Waals surface area contributed by atoms with Crippen molar-refractivity contribution in [1.29, 1.82) is 0 Å². The van der Waals surface area contributed by atoms with E-state index in [0.29, 0.717) is 17.5 Å². The molecule has 2 aliphatic carbocycles. The van der Waals surface area contributed by atoms with Crippen LogP contribution in [-0.2, 0) is 10.8 Å². The number of hydrogen-bond acceptors (Lipinski definition) is 4. The summed E-state index contributed by atoms with van der Waals surface area (Å²) in [4.78, 5) is 18.0. The number of aromatic nitrogens is 3. The Morgan fingerprint density at radius 3 is 1.51 bits per heavy atom. The molecule has 1 spiro atoms. The zero-order valence-corrected chi connectivity index (χ0v) is 33.5. The van der Waals surface area contributed by atoms with E-state index >= 15 is 0 Å². The lowest BCUT2D eigenvalue weighted by Crippen LogP contribution is -2.31.